The molecule has 0 amide bonds. The van der Waals surface area contributed by atoms with Crippen molar-refractivity contribution in [1.82, 2.24) is 0 Å². The van der Waals surface area contributed by atoms with Gasteiger partial charge in [-0.1, -0.05) is 19.3 Å². The third kappa shape index (κ3) is 4.09. The van der Waals surface area contributed by atoms with Crippen molar-refractivity contribution >= 4 is 25.4 Å². The third-order valence-corrected chi connectivity index (χ3v) is 3.70. The Morgan fingerprint density at radius 1 is 0.833 bits per heavy atom. The predicted molar refractivity (Wildman–Crippen MR) is 78.7 cm³/mol. The molecular weight excluding hydrogens is 320 g/mol. The molecular formula is C16H16O8. The van der Waals surface area contributed by atoms with E-state index in [4.69, 9.17) is 14.2 Å². The van der Waals surface area contributed by atoms with Crippen LogP contribution in [0.2, 0.25) is 0 Å². The van der Waals surface area contributed by atoms with Crippen molar-refractivity contribution in [3.63, 3.8) is 0 Å². The molecule has 128 valence electrons. The lowest BCUT2D eigenvalue weighted by molar-refractivity contribution is -0.140. The summed E-state index contributed by atoms with van der Waals surface area (Å²) < 4.78 is 19.4. The van der Waals surface area contributed by atoms with Gasteiger partial charge in [0.15, 0.2) is 11.5 Å². The van der Waals surface area contributed by atoms with E-state index in [2.05, 4.69) is 4.74 Å². The topological polar surface area (TPSA) is 105 Å². The molecule has 1 saturated carbocycles. The number of esters is 1. The first-order valence-corrected chi connectivity index (χ1v) is 7.40. The Kier molecular flexibility index (Phi) is 6.30. The molecule has 0 spiro atoms. The van der Waals surface area contributed by atoms with Crippen LogP contribution in [0.3, 0.4) is 0 Å². The van der Waals surface area contributed by atoms with Crippen LogP contribution in [0.25, 0.3) is 0 Å². The molecule has 0 aliphatic heterocycles. The van der Waals surface area contributed by atoms with Gasteiger partial charge in [0.05, 0.1) is 5.92 Å². The summed E-state index contributed by atoms with van der Waals surface area (Å²) in [5, 5.41) is 0. The second-order valence-corrected chi connectivity index (χ2v) is 5.12. The zero-order valence-corrected chi connectivity index (χ0v) is 12.8. The van der Waals surface area contributed by atoms with E-state index in [1.807, 2.05) is 0 Å². The fourth-order valence-electron chi connectivity index (χ4n) is 2.60. The molecule has 8 nitrogen and oxygen atoms in total. The van der Waals surface area contributed by atoms with Gasteiger partial charge >= 0.3 is 5.97 Å². The molecule has 0 heterocycles. The number of benzene rings is 1. The average molecular weight is 336 g/mol. The van der Waals surface area contributed by atoms with Gasteiger partial charge in [-0.25, -0.2) is 0 Å². The van der Waals surface area contributed by atoms with Crippen molar-refractivity contribution in [2.75, 3.05) is 0 Å². The van der Waals surface area contributed by atoms with E-state index in [-0.39, 0.29) is 48.3 Å². The van der Waals surface area contributed by atoms with E-state index < -0.39 is 5.97 Å². The Hall–Kier alpha value is -2.90. The summed E-state index contributed by atoms with van der Waals surface area (Å²) >= 11 is 0. The van der Waals surface area contributed by atoms with E-state index in [1.54, 1.807) is 0 Å². The lowest BCUT2D eigenvalue weighted by Crippen LogP contribution is -2.23. The standard InChI is InChI=1S/C16H16O8/c17-8-21-12-6-7-13(15(23-10-19)14(12)22-9-18)24-16(20)11-4-2-1-3-5-11/h6-11H,1-5H2. The fraction of sp³-hybridized carbons (Fsp3) is 0.375. The van der Waals surface area contributed by atoms with Gasteiger partial charge in [0.25, 0.3) is 19.4 Å². The summed E-state index contributed by atoms with van der Waals surface area (Å²) in [7, 11) is 0. The molecule has 1 aliphatic carbocycles. The summed E-state index contributed by atoms with van der Waals surface area (Å²) in [5.74, 6) is -1.60. The lowest BCUT2D eigenvalue weighted by Gasteiger charge is -2.20. The maximum absolute atomic E-state index is 12.2. The van der Waals surface area contributed by atoms with Gasteiger partial charge in [0.2, 0.25) is 11.5 Å². The van der Waals surface area contributed by atoms with Crippen LogP contribution in [0, 0.1) is 5.92 Å². The van der Waals surface area contributed by atoms with Crippen LogP contribution in [-0.4, -0.2) is 25.4 Å². The van der Waals surface area contributed by atoms with Crippen molar-refractivity contribution in [3.05, 3.63) is 12.1 Å². The van der Waals surface area contributed by atoms with Crippen molar-refractivity contribution in [2.24, 2.45) is 5.92 Å². The maximum atomic E-state index is 12.2. The van der Waals surface area contributed by atoms with Gasteiger partial charge in [-0.3, -0.25) is 19.2 Å². The first-order valence-electron chi connectivity index (χ1n) is 7.40. The minimum Gasteiger partial charge on any atom is -0.425 e. The minimum absolute atomic E-state index is 0.0669. The SMILES string of the molecule is O=COc1ccc(OC(=O)C2CCCCC2)c(OC=O)c1OC=O. The molecule has 0 atom stereocenters. The van der Waals surface area contributed by atoms with E-state index in [0.29, 0.717) is 0 Å². The zero-order valence-electron chi connectivity index (χ0n) is 12.8. The van der Waals surface area contributed by atoms with Gasteiger partial charge in [0, 0.05) is 0 Å². The number of carbonyl (C=O) groups excluding carboxylic acids is 4. The van der Waals surface area contributed by atoms with Crippen LogP contribution < -0.4 is 18.9 Å². The van der Waals surface area contributed by atoms with E-state index in [1.165, 1.54) is 12.1 Å². The molecule has 24 heavy (non-hydrogen) atoms. The normalized spacial score (nSPS) is 14.3. The van der Waals surface area contributed by atoms with Crippen LogP contribution in [0.4, 0.5) is 0 Å². The van der Waals surface area contributed by atoms with E-state index in [9.17, 15) is 19.2 Å². The highest BCUT2D eigenvalue weighted by Gasteiger charge is 2.26. The van der Waals surface area contributed by atoms with Gasteiger partial charge in [-0.05, 0) is 25.0 Å². The molecule has 0 saturated heterocycles. The first-order chi connectivity index (χ1) is 11.7. The molecule has 1 aromatic carbocycles. The highest BCUT2D eigenvalue weighted by Crippen LogP contribution is 2.44. The van der Waals surface area contributed by atoms with E-state index in [0.717, 1.165) is 32.1 Å². The van der Waals surface area contributed by atoms with Gasteiger partial charge < -0.3 is 18.9 Å². The molecule has 1 aromatic rings. The first kappa shape index (κ1) is 17.5. The van der Waals surface area contributed by atoms with E-state index >= 15 is 0 Å². The Morgan fingerprint density at radius 2 is 1.38 bits per heavy atom. The average Bonchev–Trinajstić information content (AvgIpc) is 2.60. The summed E-state index contributed by atoms with van der Waals surface area (Å²) in [6, 6.07) is 2.55. The second kappa shape index (κ2) is 8.66. The van der Waals surface area contributed by atoms with Crippen molar-refractivity contribution in [2.45, 2.75) is 32.1 Å². The van der Waals surface area contributed by atoms with Crippen LogP contribution in [0.15, 0.2) is 12.1 Å². The van der Waals surface area contributed by atoms with Crippen molar-refractivity contribution in [1.29, 1.82) is 0 Å². The Labute approximate surface area is 137 Å². The molecule has 8 heteroatoms. The zero-order chi connectivity index (χ0) is 17.4. The largest absolute Gasteiger partial charge is 0.425 e. The maximum Gasteiger partial charge on any atom is 0.314 e. The summed E-state index contributed by atoms with van der Waals surface area (Å²) in [6.07, 6.45) is 4.43. The molecule has 0 bridgehead atoms. The Bertz CT molecular complexity index is 619. The number of hydrogen-bond acceptors (Lipinski definition) is 8. The van der Waals surface area contributed by atoms with Gasteiger partial charge in [-0.15, -0.1) is 0 Å². The van der Waals surface area contributed by atoms with Gasteiger partial charge in [-0.2, -0.15) is 0 Å². The molecule has 0 radical (unpaired) electrons. The quantitative estimate of drug-likeness (QED) is 0.402. The number of hydrogen-bond donors (Lipinski definition) is 0. The third-order valence-electron chi connectivity index (χ3n) is 3.70. The fourth-order valence-corrected chi connectivity index (χ4v) is 2.60. The molecule has 1 fully saturated rings. The summed E-state index contributed by atoms with van der Waals surface area (Å²) in [5.41, 5.74) is 0. The van der Waals surface area contributed by atoms with Crippen LogP contribution >= 0.6 is 0 Å². The smallest absolute Gasteiger partial charge is 0.314 e. The Morgan fingerprint density at radius 3 is 1.96 bits per heavy atom. The van der Waals surface area contributed by atoms with Gasteiger partial charge in [0.1, 0.15) is 0 Å². The molecule has 0 aromatic heterocycles. The number of carbonyl (C=O) groups is 4. The lowest BCUT2D eigenvalue weighted by atomic mass is 9.89. The molecule has 2 rings (SSSR count). The van der Waals surface area contributed by atoms with Crippen molar-refractivity contribution < 1.29 is 38.1 Å². The number of rotatable bonds is 8. The summed E-state index contributed by atoms with van der Waals surface area (Å²) in [6.45, 7) is 0.262. The van der Waals surface area contributed by atoms with Crippen molar-refractivity contribution in [3.8, 4) is 23.0 Å². The van der Waals surface area contributed by atoms with Crippen LogP contribution in [0.5, 0.6) is 23.0 Å². The number of ether oxygens (including phenoxy) is 4. The second-order valence-electron chi connectivity index (χ2n) is 5.12. The highest BCUT2D eigenvalue weighted by atomic mass is 16.6. The predicted octanol–water partition coefficient (Wildman–Crippen LogP) is 1.78. The van der Waals surface area contributed by atoms with Crippen LogP contribution in [-0.2, 0) is 19.2 Å². The molecule has 1 aliphatic rings. The Balaban J connectivity index is 2.31. The van der Waals surface area contributed by atoms with Crippen LogP contribution in [0.1, 0.15) is 32.1 Å². The highest BCUT2D eigenvalue weighted by molar-refractivity contribution is 5.78. The monoisotopic (exact) mass is 336 g/mol. The molecule has 0 N–H and O–H groups in total. The molecule has 0 unspecified atom stereocenters. The summed E-state index contributed by atoms with van der Waals surface area (Å²) in [4.78, 5) is 44.1. The minimum atomic E-state index is -0.452.